The summed E-state index contributed by atoms with van der Waals surface area (Å²) < 4.78 is 6.82. The molecular weight excluding hydrogens is 408 g/mol. The van der Waals surface area contributed by atoms with Gasteiger partial charge in [0.1, 0.15) is 5.69 Å². The highest BCUT2D eigenvalue weighted by Crippen LogP contribution is 2.32. The van der Waals surface area contributed by atoms with Crippen molar-refractivity contribution in [1.82, 2.24) is 14.8 Å². The minimum atomic E-state index is -0.433. The predicted molar refractivity (Wildman–Crippen MR) is 120 cm³/mol. The lowest BCUT2D eigenvalue weighted by atomic mass is 10.0. The Hall–Kier alpha value is -4.33. The van der Waals surface area contributed by atoms with E-state index < -0.39 is 10.9 Å². The average molecular weight is 428 g/mol. The number of carbonyl (C=O) groups excluding carboxylic acids is 1. The number of aromatic nitrogens is 3. The lowest BCUT2D eigenvalue weighted by molar-refractivity contribution is -0.384. The smallest absolute Gasteiger partial charge is 0.339 e. The largest absolute Gasteiger partial charge is 0.462 e. The molecule has 0 saturated heterocycles. The molecule has 8 nitrogen and oxygen atoms in total. The van der Waals surface area contributed by atoms with Crippen LogP contribution in [0.2, 0.25) is 0 Å². The van der Waals surface area contributed by atoms with Crippen LogP contribution in [0.15, 0.2) is 72.9 Å². The third-order valence-electron chi connectivity index (χ3n) is 4.95. The monoisotopic (exact) mass is 428 g/mol. The van der Waals surface area contributed by atoms with Gasteiger partial charge in [0, 0.05) is 23.9 Å². The molecule has 0 atom stereocenters. The number of benzene rings is 2. The fourth-order valence-corrected chi connectivity index (χ4v) is 3.37. The van der Waals surface area contributed by atoms with Crippen LogP contribution in [0.1, 0.15) is 23.0 Å². The first-order valence-corrected chi connectivity index (χ1v) is 10.0. The van der Waals surface area contributed by atoms with E-state index in [2.05, 4.69) is 4.98 Å². The third-order valence-corrected chi connectivity index (χ3v) is 4.95. The zero-order chi connectivity index (χ0) is 22.7. The normalized spacial score (nSPS) is 10.7. The molecule has 0 unspecified atom stereocenters. The summed E-state index contributed by atoms with van der Waals surface area (Å²) in [5.74, 6) is -0.422. The molecule has 0 saturated carbocycles. The molecule has 0 aliphatic carbocycles. The Balaban J connectivity index is 1.83. The van der Waals surface area contributed by atoms with Crippen molar-refractivity contribution in [3.63, 3.8) is 0 Å². The number of ether oxygens (including phenoxy) is 1. The zero-order valence-electron chi connectivity index (χ0n) is 17.6. The molecule has 8 heteroatoms. The number of hydrogen-bond acceptors (Lipinski definition) is 6. The molecule has 0 aliphatic rings. The Morgan fingerprint density at radius 1 is 1.06 bits per heavy atom. The van der Waals surface area contributed by atoms with Crippen molar-refractivity contribution in [3.05, 3.63) is 94.3 Å². The molecule has 2 heterocycles. The van der Waals surface area contributed by atoms with Crippen LogP contribution in [0, 0.1) is 17.0 Å². The zero-order valence-corrected chi connectivity index (χ0v) is 17.6. The number of pyridine rings is 1. The van der Waals surface area contributed by atoms with Crippen molar-refractivity contribution >= 4 is 11.7 Å². The number of aryl methyl sites for hydroxylation is 1. The van der Waals surface area contributed by atoms with Crippen molar-refractivity contribution in [3.8, 4) is 28.2 Å². The SMILES string of the molecule is CCOC(=O)c1ccc(-c2nn(-c3ccccc3)cc2-c2ccc([N+](=O)[O-])cc2)nc1C. The molecule has 0 amide bonds. The lowest BCUT2D eigenvalue weighted by Gasteiger charge is -2.07. The van der Waals surface area contributed by atoms with Gasteiger partial charge >= 0.3 is 5.97 Å². The number of rotatable bonds is 6. The summed E-state index contributed by atoms with van der Waals surface area (Å²) in [5, 5.41) is 15.8. The molecule has 160 valence electrons. The molecule has 4 aromatic rings. The summed E-state index contributed by atoms with van der Waals surface area (Å²) in [4.78, 5) is 27.3. The predicted octanol–water partition coefficient (Wildman–Crippen LogP) is 4.99. The van der Waals surface area contributed by atoms with Crippen LogP contribution in [0.5, 0.6) is 0 Å². The van der Waals surface area contributed by atoms with E-state index in [1.807, 2.05) is 36.5 Å². The summed E-state index contributed by atoms with van der Waals surface area (Å²) in [5.41, 5.74) is 4.51. The van der Waals surface area contributed by atoms with Crippen LogP contribution >= 0.6 is 0 Å². The van der Waals surface area contributed by atoms with Crippen molar-refractivity contribution in [2.45, 2.75) is 13.8 Å². The van der Waals surface area contributed by atoms with Gasteiger partial charge < -0.3 is 4.74 Å². The van der Waals surface area contributed by atoms with Crippen molar-refractivity contribution in [2.75, 3.05) is 6.61 Å². The Labute approximate surface area is 184 Å². The number of non-ortho nitro benzene ring substituents is 1. The maximum Gasteiger partial charge on any atom is 0.339 e. The van der Waals surface area contributed by atoms with Gasteiger partial charge in [-0.15, -0.1) is 0 Å². The number of esters is 1. The number of nitrogens with zero attached hydrogens (tertiary/aromatic N) is 4. The number of carbonyl (C=O) groups is 1. The second kappa shape index (κ2) is 8.81. The second-order valence-electron chi connectivity index (χ2n) is 7.03. The minimum Gasteiger partial charge on any atom is -0.462 e. The van der Waals surface area contributed by atoms with Gasteiger partial charge in [0.05, 0.1) is 34.2 Å². The van der Waals surface area contributed by atoms with E-state index in [1.54, 1.807) is 42.8 Å². The summed E-state index contributed by atoms with van der Waals surface area (Å²) in [6.07, 6.45) is 1.86. The summed E-state index contributed by atoms with van der Waals surface area (Å²) in [6, 6.07) is 19.3. The summed E-state index contributed by atoms with van der Waals surface area (Å²) >= 11 is 0. The van der Waals surface area contributed by atoms with Gasteiger partial charge in [0.25, 0.3) is 5.69 Å². The lowest BCUT2D eigenvalue weighted by Crippen LogP contribution is -2.08. The van der Waals surface area contributed by atoms with Crippen molar-refractivity contribution < 1.29 is 14.5 Å². The molecule has 0 spiro atoms. The molecule has 4 rings (SSSR count). The number of hydrogen-bond donors (Lipinski definition) is 0. The molecular formula is C24H20N4O4. The Morgan fingerprint density at radius 2 is 1.78 bits per heavy atom. The first-order chi connectivity index (χ1) is 15.5. The van der Waals surface area contributed by atoms with Crippen LogP contribution in [0.3, 0.4) is 0 Å². The van der Waals surface area contributed by atoms with E-state index in [4.69, 9.17) is 9.84 Å². The molecule has 0 fully saturated rings. The standard InChI is InChI=1S/C24H20N4O4/c1-3-32-24(29)20-13-14-22(25-16(20)2)23-21(17-9-11-19(12-10-17)28(30)31)15-27(26-23)18-7-5-4-6-8-18/h4-15H,3H2,1-2H3. The molecule has 0 radical (unpaired) electrons. The van der Waals surface area contributed by atoms with E-state index >= 15 is 0 Å². The summed E-state index contributed by atoms with van der Waals surface area (Å²) in [7, 11) is 0. The van der Waals surface area contributed by atoms with Gasteiger partial charge in [-0.25, -0.2) is 9.48 Å². The van der Waals surface area contributed by atoms with Gasteiger partial charge in [0.15, 0.2) is 0 Å². The fourth-order valence-electron chi connectivity index (χ4n) is 3.37. The Kier molecular flexibility index (Phi) is 5.76. The van der Waals surface area contributed by atoms with Gasteiger partial charge in [-0.1, -0.05) is 18.2 Å². The van der Waals surface area contributed by atoms with Crippen LogP contribution in [-0.2, 0) is 4.74 Å². The highest BCUT2D eigenvalue weighted by molar-refractivity contribution is 5.91. The maximum absolute atomic E-state index is 12.1. The average Bonchev–Trinajstić information content (AvgIpc) is 3.25. The van der Waals surface area contributed by atoms with E-state index in [9.17, 15) is 14.9 Å². The van der Waals surface area contributed by atoms with Crippen molar-refractivity contribution in [1.29, 1.82) is 0 Å². The van der Waals surface area contributed by atoms with Gasteiger partial charge in [0.2, 0.25) is 0 Å². The van der Waals surface area contributed by atoms with E-state index in [0.717, 1.165) is 16.8 Å². The van der Waals surface area contributed by atoms with Gasteiger partial charge in [-0.05, 0) is 55.8 Å². The van der Waals surface area contributed by atoms with Crippen molar-refractivity contribution in [2.24, 2.45) is 0 Å². The number of para-hydroxylation sites is 1. The highest BCUT2D eigenvalue weighted by atomic mass is 16.6. The highest BCUT2D eigenvalue weighted by Gasteiger charge is 2.19. The quantitative estimate of drug-likeness (QED) is 0.244. The van der Waals surface area contributed by atoms with E-state index in [0.29, 0.717) is 22.6 Å². The molecule has 0 N–H and O–H groups in total. The molecule has 2 aromatic heterocycles. The Morgan fingerprint density at radius 3 is 2.41 bits per heavy atom. The van der Waals surface area contributed by atoms with E-state index in [-0.39, 0.29) is 12.3 Å². The first kappa shape index (κ1) is 20.9. The number of nitro groups is 1. The third kappa shape index (κ3) is 4.11. The summed E-state index contributed by atoms with van der Waals surface area (Å²) in [6.45, 7) is 3.78. The topological polar surface area (TPSA) is 100 Å². The number of nitro benzene ring substituents is 1. The Bertz CT molecular complexity index is 1280. The minimum absolute atomic E-state index is 0.0125. The molecule has 0 aliphatic heterocycles. The van der Waals surface area contributed by atoms with Crippen LogP contribution in [0.25, 0.3) is 28.2 Å². The van der Waals surface area contributed by atoms with Gasteiger partial charge in [-0.3, -0.25) is 15.1 Å². The van der Waals surface area contributed by atoms with Crippen LogP contribution in [0.4, 0.5) is 5.69 Å². The van der Waals surface area contributed by atoms with Crippen LogP contribution < -0.4 is 0 Å². The molecule has 0 bridgehead atoms. The molecule has 32 heavy (non-hydrogen) atoms. The fraction of sp³-hybridized carbons (Fsp3) is 0.125. The van der Waals surface area contributed by atoms with E-state index in [1.165, 1.54) is 12.1 Å². The van der Waals surface area contributed by atoms with Gasteiger partial charge in [-0.2, -0.15) is 5.10 Å². The molecule has 2 aromatic carbocycles. The first-order valence-electron chi connectivity index (χ1n) is 10.0. The van der Waals surface area contributed by atoms with Crippen LogP contribution in [-0.4, -0.2) is 32.3 Å². The maximum atomic E-state index is 12.1. The second-order valence-corrected chi connectivity index (χ2v) is 7.03.